The van der Waals surface area contributed by atoms with Crippen molar-refractivity contribution in [3.05, 3.63) is 62.5 Å². The van der Waals surface area contributed by atoms with Gasteiger partial charge in [0, 0.05) is 29.3 Å². The van der Waals surface area contributed by atoms with E-state index in [4.69, 9.17) is 0 Å². The van der Waals surface area contributed by atoms with Crippen LogP contribution in [0.25, 0.3) is 0 Å². The Hall–Kier alpha value is -1.55. The number of nitrogens with zero attached hydrogens (tertiary/aromatic N) is 1. The second-order valence-electron chi connectivity index (χ2n) is 5.54. The molecule has 0 saturated carbocycles. The van der Waals surface area contributed by atoms with Crippen molar-refractivity contribution in [3.8, 4) is 0 Å². The predicted molar refractivity (Wildman–Crippen MR) is 90.0 cm³/mol. The van der Waals surface area contributed by atoms with Crippen molar-refractivity contribution in [1.82, 2.24) is 4.57 Å². The zero-order valence-corrected chi connectivity index (χ0v) is 13.7. The van der Waals surface area contributed by atoms with E-state index < -0.39 is 0 Å². The molecule has 2 aromatic rings. The summed E-state index contributed by atoms with van der Waals surface area (Å²) in [6.45, 7) is 2.69. The molecular formula is C17H19BrN2O. The van der Waals surface area contributed by atoms with Crippen LogP contribution in [0.15, 0.2) is 45.8 Å². The fourth-order valence-electron chi connectivity index (χ4n) is 2.95. The molecule has 1 N–H and O–H groups in total. The summed E-state index contributed by atoms with van der Waals surface area (Å²) in [6.07, 6.45) is 5.17. The van der Waals surface area contributed by atoms with Crippen LogP contribution < -0.4 is 10.9 Å². The van der Waals surface area contributed by atoms with Crippen LogP contribution in [-0.4, -0.2) is 10.6 Å². The Morgan fingerprint density at radius 1 is 1.29 bits per heavy atom. The number of benzene rings is 1. The number of fused-ring (bicyclic) bond motifs is 1. The van der Waals surface area contributed by atoms with E-state index in [9.17, 15) is 4.79 Å². The van der Waals surface area contributed by atoms with Gasteiger partial charge >= 0.3 is 0 Å². The van der Waals surface area contributed by atoms with Gasteiger partial charge in [-0.2, -0.15) is 0 Å². The van der Waals surface area contributed by atoms with Gasteiger partial charge in [0.15, 0.2) is 0 Å². The molecule has 1 heterocycles. The second-order valence-corrected chi connectivity index (χ2v) is 6.45. The summed E-state index contributed by atoms with van der Waals surface area (Å²) >= 11 is 3.53. The Kier molecular flexibility index (Phi) is 4.15. The van der Waals surface area contributed by atoms with Gasteiger partial charge in [-0.3, -0.25) is 4.79 Å². The molecule has 21 heavy (non-hydrogen) atoms. The first-order valence-corrected chi connectivity index (χ1v) is 8.19. The normalized spacial score (nSPS) is 17.3. The number of hydrogen-bond donors (Lipinski definition) is 1. The SMILES string of the molecule is CCn1cc(NC2CCc3cc(Br)ccc3C2)ccc1=O. The minimum atomic E-state index is 0.0573. The Labute approximate surface area is 133 Å². The fraction of sp³-hybridized carbons (Fsp3) is 0.353. The third-order valence-electron chi connectivity index (χ3n) is 4.09. The van der Waals surface area contributed by atoms with Crippen molar-refractivity contribution in [3.63, 3.8) is 0 Å². The quantitative estimate of drug-likeness (QED) is 0.921. The Bertz CT molecular complexity index is 708. The van der Waals surface area contributed by atoms with Crippen molar-refractivity contribution in [1.29, 1.82) is 0 Å². The first-order valence-electron chi connectivity index (χ1n) is 7.40. The van der Waals surface area contributed by atoms with Gasteiger partial charge in [-0.05, 0) is 55.5 Å². The minimum absolute atomic E-state index is 0.0573. The van der Waals surface area contributed by atoms with Crippen LogP contribution in [0.5, 0.6) is 0 Å². The number of anilines is 1. The lowest BCUT2D eigenvalue weighted by atomic mass is 9.88. The van der Waals surface area contributed by atoms with Crippen molar-refractivity contribution in [2.45, 2.75) is 38.8 Å². The van der Waals surface area contributed by atoms with E-state index in [0.29, 0.717) is 12.6 Å². The zero-order chi connectivity index (χ0) is 14.8. The van der Waals surface area contributed by atoms with Gasteiger partial charge in [0.25, 0.3) is 5.56 Å². The lowest BCUT2D eigenvalue weighted by Gasteiger charge is -2.26. The third kappa shape index (κ3) is 3.21. The van der Waals surface area contributed by atoms with E-state index in [1.54, 1.807) is 10.6 Å². The van der Waals surface area contributed by atoms with E-state index in [2.05, 4.69) is 39.4 Å². The maximum Gasteiger partial charge on any atom is 0.250 e. The highest BCUT2D eigenvalue weighted by molar-refractivity contribution is 9.10. The molecule has 1 aliphatic rings. The average Bonchev–Trinajstić information content (AvgIpc) is 2.49. The molecule has 1 aromatic carbocycles. The second kappa shape index (κ2) is 6.06. The molecule has 0 saturated heterocycles. The molecule has 0 radical (unpaired) electrons. The van der Waals surface area contributed by atoms with E-state index in [0.717, 1.165) is 29.4 Å². The predicted octanol–water partition coefficient (Wildman–Crippen LogP) is 3.60. The van der Waals surface area contributed by atoms with Gasteiger partial charge in [-0.25, -0.2) is 0 Å². The summed E-state index contributed by atoms with van der Waals surface area (Å²) in [5, 5.41) is 3.57. The summed E-state index contributed by atoms with van der Waals surface area (Å²) in [7, 11) is 0. The number of rotatable bonds is 3. The molecule has 1 unspecified atom stereocenters. The molecule has 110 valence electrons. The maximum atomic E-state index is 11.6. The summed E-state index contributed by atoms with van der Waals surface area (Å²) in [5.74, 6) is 0. The smallest absolute Gasteiger partial charge is 0.250 e. The number of aromatic nitrogens is 1. The largest absolute Gasteiger partial charge is 0.381 e. The van der Waals surface area contributed by atoms with Crippen LogP contribution in [0.4, 0.5) is 5.69 Å². The number of hydrogen-bond acceptors (Lipinski definition) is 2. The lowest BCUT2D eigenvalue weighted by Crippen LogP contribution is -2.28. The first kappa shape index (κ1) is 14.4. The van der Waals surface area contributed by atoms with Gasteiger partial charge in [0.2, 0.25) is 0 Å². The Morgan fingerprint density at radius 2 is 2.14 bits per heavy atom. The summed E-state index contributed by atoms with van der Waals surface area (Å²) in [4.78, 5) is 11.6. The third-order valence-corrected chi connectivity index (χ3v) is 4.58. The van der Waals surface area contributed by atoms with Crippen LogP contribution in [0.3, 0.4) is 0 Å². The van der Waals surface area contributed by atoms with Gasteiger partial charge in [0.05, 0.1) is 5.69 Å². The molecule has 0 amide bonds. The molecule has 4 heteroatoms. The first-order chi connectivity index (χ1) is 10.2. The molecule has 1 aliphatic carbocycles. The molecule has 0 aliphatic heterocycles. The van der Waals surface area contributed by atoms with Gasteiger partial charge in [-0.15, -0.1) is 0 Å². The number of aryl methyl sites for hydroxylation is 2. The maximum absolute atomic E-state index is 11.6. The summed E-state index contributed by atoms with van der Waals surface area (Å²) < 4.78 is 2.89. The molecule has 0 bridgehead atoms. The van der Waals surface area contributed by atoms with E-state index in [-0.39, 0.29) is 5.56 Å². The van der Waals surface area contributed by atoms with Crippen LogP contribution in [0.1, 0.15) is 24.5 Å². The van der Waals surface area contributed by atoms with Crippen LogP contribution in [0.2, 0.25) is 0 Å². The molecule has 1 aromatic heterocycles. The van der Waals surface area contributed by atoms with Crippen molar-refractivity contribution >= 4 is 21.6 Å². The molecule has 0 fully saturated rings. The average molecular weight is 347 g/mol. The molecule has 1 atom stereocenters. The topological polar surface area (TPSA) is 34.0 Å². The summed E-state index contributed by atoms with van der Waals surface area (Å²) in [5.41, 5.74) is 3.95. The summed E-state index contributed by atoms with van der Waals surface area (Å²) in [6, 6.07) is 10.5. The van der Waals surface area contributed by atoms with Gasteiger partial charge in [-0.1, -0.05) is 22.0 Å². The molecule has 0 spiro atoms. The minimum Gasteiger partial charge on any atom is -0.381 e. The standard InChI is InChI=1S/C17H19BrN2O/c1-2-20-11-16(7-8-17(20)21)19-15-6-4-12-9-14(18)5-3-13(12)10-15/h3,5,7-9,11,15,19H,2,4,6,10H2,1H3. The molecule has 3 nitrogen and oxygen atoms in total. The van der Waals surface area contributed by atoms with Crippen molar-refractivity contribution in [2.75, 3.05) is 5.32 Å². The van der Waals surface area contributed by atoms with E-state index in [1.165, 1.54) is 11.1 Å². The zero-order valence-electron chi connectivity index (χ0n) is 12.1. The number of halogens is 1. The van der Waals surface area contributed by atoms with Crippen LogP contribution in [0, 0.1) is 0 Å². The van der Waals surface area contributed by atoms with Gasteiger partial charge < -0.3 is 9.88 Å². The van der Waals surface area contributed by atoms with E-state index in [1.807, 2.05) is 19.2 Å². The molecular weight excluding hydrogens is 328 g/mol. The highest BCUT2D eigenvalue weighted by Gasteiger charge is 2.18. The lowest BCUT2D eigenvalue weighted by molar-refractivity contribution is 0.608. The fourth-order valence-corrected chi connectivity index (χ4v) is 3.35. The highest BCUT2D eigenvalue weighted by Crippen LogP contribution is 2.26. The van der Waals surface area contributed by atoms with Crippen molar-refractivity contribution < 1.29 is 0 Å². The number of pyridine rings is 1. The van der Waals surface area contributed by atoms with Crippen LogP contribution in [-0.2, 0) is 19.4 Å². The van der Waals surface area contributed by atoms with Crippen LogP contribution >= 0.6 is 15.9 Å². The molecule has 3 rings (SSSR count). The van der Waals surface area contributed by atoms with Crippen molar-refractivity contribution in [2.24, 2.45) is 0 Å². The monoisotopic (exact) mass is 346 g/mol. The Morgan fingerprint density at radius 3 is 2.95 bits per heavy atom. The highest BCUT2D eigenvalue weighted by atomic mass is 79.9. The van der Waals surface area contributed by atoms with E-state index >= 15 is 0 Å². The van der Waals surface area contributed by atoms with Gasteiger partial charge in [0.1, 0.15) is 0 Å². The Balaban J connectivity index is 1.75. The number of nitrogens with one attached hydrogen (secondary N) is 1.